The van der Waals surface area contributed by atoms with Gasteiger partial charge in [0.2, 0.25) is 15.6 Å². The summed E-state index contributed by atoms with van der Waals surface area (Å²) in [5.41, 5.74) is 0.339. The van der Waals surface area contributed by atoms with Crippen molar-refractivity contribution in [2.75, 3.05) is 26.2 Å². The summed E-state index contributed by atoms with van der Waals surface area (Å²) in [4.78, 5) is 28.1. The molecule has 1 fully saturated rings. The minimum Gasteiger partial charge on any atom is -0.459 e. The lowest BCUT2D eigenvalue weighted by molar-refractivity contribution is 0.0666. The summed E-state index contributed by atoms with van der Waals surface area (Å²) < 4.78 is 32.3. The molecule has 0 spiro atoms. The first-order chi connectivity index (χ1) is 12.9. The molecule has 0 atom stereocenters. The Morgan fingerprint density at radius 1 is 1.04 bits per heavy atom. The van der Waals surface area contributed by atoms with Crippen molar-refractivity contribution in [2.24, 2.45) is 0 Å². The van der Waals surface area contributed by atoms with E-state index < -0.39 is 10.0 Å². The number of aromatic amines is 1. The first-order valence-electron chi connectivity index (χ1n) is 8.41. The van der Waals surface area contributed by atoms with Gasteiger partial charge in [0.15, 0.2) is 5.76 Å². The van der Waals surface area contributed by atoms with E-state index in [1.807, 2.05) is 0 Å². The van der Waals surface area contributed by atoms with Crippen LogP contribution in [0.4, 0.5) is 0 Å². The standard InChI is InChI=1S/C18H17N3O5S/c22-17-6-3-13-12-14(4-5-15(13)19-17)27(24,25)21-9-7-20(8-10-21)18(23)16-2-1-11-26-16/h1-6,11-12H,7-10H2,(H,19,22). The number of amides is 1. The van der Waals surface area contributed by atoms with Gasteiger partial charge in [0, 0.05) is 37.8 Å². The van der Waals surface area contributed by atoms with Gasteiger partial charge >= 0.3 is 0 Å². The number of nitrogens with one attached hydrogen (secondary N) is 1. The second-order valence-electron chi connectivity index (χ2n) is 6.25. The summed E-state index contributed by atoms with van der Waals surface area (Å²) in [7, 11) is -3.69. The summed E-state index contributed by atoms with van der Waals surface area (Å²) in [6.07, 6.45) is 1.43. The van der Waals surface area contributed by atoms with E-state index >= 15 is 0 Å². The van der Waals surface area contributed by atoms with Gasteiger partial charge in [0.25, 0.3) is 5.91 Å². The second-order valence-corrected chi connectivity index (χ2v) is 8.18. The molecular formula is C18H17N3O5S. The maximum absolute atomic E-state index is 12.9. The van der Waals surface area contributed by atoms with E-state index in [0.29, 0.717) is 24.0 Å². The quantitative estimate of drug-likeness (QED) is 0.729. The minimum atomic E-state index is -3.69. The average Bonchev–Trinajstić information content (AvgIpc) is 3.22. The van der Waals surface area contributed by atoms with E-state index in [1.54, 1.807) is 35.2 Å². The Hall–Kier alpha value is -2.91. The molecule has 0 saturated carbocycles. The van der Waals surface area contributed by atoms with Crippen LogP contribution in [-0.2, 0) is 10.0 Å². The van der Waals surface area contributed by atoms with Gasteiger partial charge < -0.3 is 14.3 Å². The third-order valence-electron chi connectivity index (χ3n) is 4.59. The van der Waals surface area contributed by atoms with Crippen molar-refractivity contribution in [3.05, 3.63) is 64.8 Å². The van der Waals surface area contributed by atoms with Crippen molar-refractivity contribution >= 4 is 26.8 Å². The zero-order valence-electron chi connectivity index (χ0n) is 14.3. The molecule has 3 aromatic rings. The molecule has 1 aromatic carbocycles. The molecule has 4 rings (SSSR count). The minimum absolute atomic E-state index is 0.160. The molecule has 2 aromatic heterocycles. The van der Waals surface area contributed by atoms with Gasteiger partial charge in [-0.15, -0.1) is 0 Å². The fourth-order valence-electron chi connectivity index (χ4n) is 3.13. The summed E-state index contributed by atoms with van der Waals surface area (Å²) in [5.74, 6) is 0.00142. The Kier molecular flexibility index (Phi) is 4.33. The highest BCUT2D eigenvalue weighted by Gasteiger charge is 2.31. The second kappa shape index (κ2) is 6.67. The van der Waals surface area contributed by atoms with Crippen LogP contribution in [0.25, 0.3) is 10.9 Å². The Morgan fingerprint density at radius 3 is 2.52 bits per heavy atom. The molecule has 140 valence electrons. The summed E-state index contributed by atoms with van der Waals surface area (Å²) in [5, 5.41) is 0.641. The number of piperazine rings is 1. The number of furan rings is 1. The van der Waals surface area contributed by atoms with Crippen LogP contribution in [-0.4, -0.2) is 54.7 Å². The average molecular weight is 387 g/mol. The van der Waals surface area contributed by atoms with Gasteiger partial charge in [-0.1, -0.05) is 0 Å². The van der Waals surface area contributed by atoms with Gasteiger partial charge in [0.1, 0.15) is 0 Å². The number of hydrogen-bond acceptors (Lipinski definition) is 5. The van der Waals surface area contributed by atoms with E-state index in [9.17, 15) is 18.0 Å². The highest BCUT2D eigenvalue weighted by Crippen LogP contribution is 2.22. The van der Waals surface area contributed by atoms with Gasteiger partial charge in [0.05, 0.1) is 11.2 Å². The topological polar surface area (TPSA) is 104 Å². The third kappa shape index (κ3) is 3.26. The number of carbonyl (C=O) groups excluding carboxylic acids is 1. The number of hydrogen-bond donors (Lipinski definition) is 1. The molecule has 0 unspecified atom stereocenters. The predicted octanol–water partition coefficient (Wildman–Crippen LogP) is 1.27. The number of H-pyrrole nitrogens is 1. The molecule has 0 bridgehead atoms. The van der Waals surface area contributed by atoms with Crippen molar-refractivity contribution < 1.29 is 17.6 Å². The number of rotatable bonds is 3. The molecule has 9 heteroatoms. The molecule has 1 saturated heterocycles. The Balaban J connectivity index is 1.52. The highest BCUT2D eigenvalue weighted by atomic mass is 32.2. The van der Waals surface area contributed by atoms with Crippen LogP contribution in [0.2, 0.25) is 0 Å². The van der Waals surface area contributed by atoms with E-state index in [1.165, 1.54) is 22.7 Å². The van der Waals surface area contributed by atoms with Gasteiger partial charge in [-0.2, -0.15) is 4.31 Å². The first kappa shape index (κ1) is 17.5. The molecule has 1 N–H and O–H groups in total. The van der Waals surface area contributed by atoms with Crippen molar-refractivity contribution in [3.63, 3.8) is 0 Å². The van der Waals surface area contributed by atoms with Crippen LogP contribution in [0, 0.1) is 0 Å². The first-order valence-corrected chi connectivity index (χ1v) is 9.85. The number of benzene rings is 1. The number of sulfonamides is 1. The number of pyridine rings is 1. The van der Waals surface area contributed by atoms with E-state index in [0.717, 1.165) is 0 Å². The zero-order valence-corrected chi connectivity index (χ0v) is 15.1. The SMILES string of the molecule is O=C(c1ccco1)N1CCN(S(=O)(=O)c2ccc3[nH]c(=O)ccc3c2)CC1. The van der Waals surface area contributed by atoms with Gasteiger partial charge in [-0.05, 0) is 41.8 Å². The lowest BCUT2D eigenvalue weighted by Crippen LogP contribution is -2.50. The van der Waals surface area contributed by atoms with E-state index in [2.05, 4.69) is 4.98 Å². The van der Waals surface area contributed by atoms with Crippen molar-refractivity contribution in [1.82, 2.24) is 14.2 Å². The van der Waals surface area contributed by atoms with Crippen LogP contribution in [0.1, 0.15) is 10.6 Å². The zero-order chi connectivity index (χ0) is 19.0. The van der Waals surface area contributed by atoms with Crippen LogP contribution in [0.15, 0.2) is 62.8 Å². The number of nitrogens with zero attached hydrogens (tertiary/aromatic N) is 2. The summed E-state index contributed by atoms with van der Waals surface area (Å²) >= 11 is 0. The van der Waals surface area contributed by atoms with Gasteiger partial charge in [-0.25, -0.2) is 8.42 Å². The molecule has 0 aliphatic carbocycles. The lowest BCUT2D eigenvalue weighted by atomic mass is 10.2. The van der Waals surface area contributed by atoms with Crippen molar-refractivity contribution in [1.29, 1.82) is 0 Å². The van der Waals surface area contributed by atoms with Crippen LogP contribution < -0.4 is 5.56 Å². The molecule has 1 amide bonds. The fraction of sp³-hybridized carbons (Fsp3) is 0.222. The number of fused-ring (bicyclic) bond motifs is 1. The Labute approximate surface area is 155 Å². The van der Waals surface area contributed by atoms with E-state index in [-0.39, 0.29) is 35.2 Å². The molecule has 1 aliphatic rings. The number of carbonyl (C=O) groups is 1. The fourth-order valence-corrected chi connectivity index (χ4v) is 4.59. The predicted molar refractivity (Wildman–Crippen MR) is 97.9 cm³/mol. The molecule has 3 heterocycles. The van der Waals surface area contributed by atoms with Crippen LogP contribution in [0.3, 0.4) is 0 Å². The molecule has 0 radical (unpaired) electrons. The summed E-state index contributed by atoms with van der Waals surface area (Å²) in [6, 6.07) is 10.8. The molecular weight excluding hydrogens is 370 g/mol. The Bertz CT molecular complexity index is 1140. The maximum atomic E-state index is 12.9. The molecule has 8 nitrogen and oxygen atoms in total. The molecule has 1 aliphatic heterocycles. The van der Waals surface area contributed by atoms with Crippen molar-refractivity contribution in [3.8, 4) is 0 Å². The smallest absolute Gasteiger partial charge is 0.289 e. The Morgan fingerprint density at radius 2 is 1.81 bits per heavy atom. The monoisotopic (exact) mass is 387 g/mol. The molecule has 27 heavy (non-hydrogen) atoms. The highest BCUT2D eigenvalue weighted by molar-refractivity contribution is 7.89. The van der Waals surface area contributed by atoms with Crippen LogP contribution in [0.5, 0.6) is 0 Å². The normalized spacial score (nSPS) is 15.9. The van der Waals surface area contributed by atoms with Crippen molar-refractivity contribution in [2.45, 2.75) is 4.90 Å². The largest absolute Gasteiger partial charge is 0.459 e. The third-order valence-corrected chi connectivity index (χ3v) is 6.49. The van der Waals surface area contributed by atoms with Gasteiger partial charge in [-0.3, -0.25) is 9.59 Å². The summed E-state index contributed by atoms with van der Waals surface area (Å²) in [6.45, 7) is 0.996. The van der Waals surface area contributed by atoms with E-state index in [4.69, 9.17) is 4.42 Å². The lowest BCUT2D eigenvalue weighted by Gasteiger charge is -2.33. The number of aromatic nitrogens is 1. The maximum Gasteiger partial charge on any atom is 0.289 e. The van der Waals surface area contributed by atoms with Crippen LogP contribution >= 0.6 is 0 Å².